The molecule has 1 aromatic carbocycles. The zero-order valence-corrected chi connectivity index (χ0v) is 12.8. The molecule has 1 aliphatic rings. The van der Waals surface area contributed by atoms with Gasteiger partial charge in [0.05, 0.1) is 0 Å². The molecule has 18 heavy (non-hydrogen) atoms. The molecular weight excluding hydrogens is 286 g/mol. The molecule has 0 spiro atoms. The Morgan fingerprint density at radius 3 is 2.89 bits per heavy atom. The van der Waals surface area contributed by atoms with Crippen molar-refractivity contribution in [3.8, 4) is 0 Å². The molecule has 3 atom stereocenters. The summed E-state index contributed by atoms with van der Waals surface area (Å²) in [7, 11) is 0. The molecule has 2 rings (SSSR count). The molecule has 1 aliphatic carbocycles. The van der Waals surface area contributed by atoms with E-state index in [-0.39, 0.29) is 0 Å². The Hall–Kier alpha value is -0.340. The standard InChI is InChI=1S/C16H24BrN/c1-2-4-12-7-8-16(18)14(9-12)10-13-5-3-6-15(17)11-13/h3,5-6,11-12,14,16H,2,4,7-10,18H2,1H3. The molecule has 0 heterocycles. The van der Waals surface area contributed by atoms with Gasteiger partial charge in [-0.3, -0.25) is 0 Å². The summed E-state index contributed by atoms with van der Waals surface area (Å²) in [5, 5.41) is 0. The minimum atomic E-state index is 0.400. The lowest BCUT2D eigenvalue weighted by Gasteiger charge is -2.34. The summed E-state index contributed by atoms with van der Waals surface area (Å²) in [6, 6.07) is 9.07. The van der Waals surface area contributed by atoms with Crippen LogP contribution in [0.4, 0.5) is 0 Å². The maximum Gasteiger partial charge on any atom is 0.0177 e. The van der Waals surface area contributed by atoms with Crippen LogP contribution in [0.1, 0.15) is 44.6 Å². The van der Waals surface area contributed by atoms with Gasteiger partial charge >= 0.3 is 0 Å². The van der Waals surface area contributed by atoms with Crippen molar-refractivity contribution in [1.29, 1.82) is 0 Å². The molecule has 0 aliphatic heterocycles. The van der Waals surface area contributed by atoms with Crippen LogP contribution in [0.2, 0.25) is 0 Å². The molecule has 2 N–H and O–H groups in total. The quantitative estimate of drug-likeness (QED) is 0.868. The van der Waals surface area contributed by atoms with E-state index in [0.717, 1.165) is 12.3 Å². The summed E-state index contributed by atoms with van der Waals surface area (Å²) >= 11 is 3.55. The average Bonchev–Trinajstić information content (AvgIpc) is 2.34. The molecule has 1 aromatic rings. The molecule has 0 saturated heterocycles. The topological polar surface area (TPSA) is 26.0 Å². The summed E-state index contributed by atoms with van der Waals surface area (Å²) in [6.45, 7) is 2.29. The van der Waals surface area contributed by atoms with E-state index in [1.807, 2.05) is 0 Å². The Labute approximate surface area is 119 Å². The summed E-state index contributed by atoms with van der Waals surface area (Å²) in [4.78, 5) is 0. The monoisotopic (exact) mass is 309 g/mol. The zero-order valence-electron chi connectivity index (χ0n) is 11.2. The highest BCUT2D eigenvalue weighted by atomic mass is 79.9. The lowest BCUT2D eigenvalue weighted by Crippen LogP contribution is -2.37. The molecule has 1 fully saturated rings. The van der Waals surface area contributed by atoms with Crippen LogP contribution in [-0.2, 0) is 6.42 Å². The smallest absolute Gasteiger partial charge is 0.0177 e. The van der Waals surface area contributed by atoms with Crippen molar-refractivity contribution < 1.29 is 0 Å². The summed E-state index contributed by atoms with van der Waals surface area (Å²) in [5.41, 5.74) is 7.73. The van der Waals surface area contributed by atoms with Crippen molar-refractivity contribution >= 4 is 15.9 Å². The average molecular weight is 310 g/mol. The lowest BCUT2D eigenvalue weighted by atomic mass is 9.74. The number of benzene rings is 1. The normalized spacial score (nSPS) is 28.3. The van der Waals surface area contributed by atoms with Crippen LogP contribution in [0, 0.1) is 11.8 Å². The van der Waals surface area contributed by atoms with Crippen LogP contribution in [0.25, 0.3) is 0 Å². The van der Waals surface area contributed by atoms with Crippen LogP contribution < -0.4 is 5.73 Å². The number of hydrogen-bond donors (Lipinski definition) is 1. The van der Waals surface area contributed by atoms with Gasteiger partial charge in [-0.2, -0.15) is 0 Å². The van der Waals surface area contributed by atoms with Crippen molar-refractivity contribution in [3.05, 3.63) is 34.3 Å². The van der Waals surface area contributed by atoms with Crippen molar-refractivity contribution in [3.63, 3.8) is 0 Å². The first-order chi connectivity index (χ1) is 8.69. The van der Waals surface area contributed by atoms with Gasteiger partial charge in [-0.05, 0) is 55.2 Å². The first kappa shape index (κ1) is 14.1. The van der Waals surface area contributed by atoms with Gasteiger partial charge < -0.3 is 5.73 Å². The van der Waals surface area contributed by atoms with Crippen LogP contribution in [0.15, 0.2) is 28.7 Å². The largest absolute Gasteiger partial charge is 0.327 e. The van der Waals surface area contributed by atoms with Gasteiger partial charge in [0.25, 0.3) is 0 Å². The summed E-state index contributed by atoms with van der Waals surface area (Å²) < 4.78 is 1.18. The molecule has 0 bridgehead atoms. The first-order valence-corrected chi connectivity index (χ1v) is 7.98. The molecule has 1 nitrogen and oxygen atoms in total. The zero-order chi connectivity index (χ0) is 13.0. The first-order valence-electron chi connectivity index (χ1n) is 7.19. The molecule has 0 radical (unpaired) electrons. The third kappa shape index (κ3) is 3.83. The van der Waals surface area contributed by atoms with E-state index in [9.17, 15) is 0 Å². The van der Waals surface area contributed by atoms with Gasteiger partial charge in [-0.25, -0.2) is 0 Å². The Morgan fingerprint density at radius 1 is 1.33 bits per heavy atom. The van der Waals surface area contributed by atoms with Crippen molar-refractivity contribution in [2.75, 3.05) is 0 Å². The predicted octanol–water partition coefficient (Wildman–Crippen LogP) is 4.54. The van der Waals surface area contributed by atoms with Gasteiger partial charge in [-0.1, -0.05) is 47.8 Å². The third-order valence-corrected chi connectivity index (χ3v) is 4.73. The van der Waals surface area contributed by atoms with E-state index < -0.39 is 0 Å². The summed E-state index contributed by atoms with van der Waals surface area (Å²) in [6.07, 6.45) is 7.70. The molecule has 2 heteroatoms. The van der Waals surface area contributed by atoms with E-state index in [1.165, 1.54) is 42.1 Å². The van der Waals surface area contributed by atoms with E-state index >= 15 is 0 Å². The number of rotatable bonds is 4. The molecule has 3 unspecified atom stereocenters. The molecule has 100 valence electrons. The number of halogens is 1. The van der Waals surface area contributed by atoms with Crippen molar-refractivity contribution in [1.82, 2.24) is 0 Å². The van der Waals surface area contributed by atoms with E-state index in [1.54, 1.807) is 0 Å². The lowest BCUT2D eigenvalue weighted by molar-refractivity contribution is 0.221. The predicted molar refractivity (Wildman–Crippen MR) is 81.6 cm³/mol. The number of hydrogen-bond acceptors (Lipinski definition) is 1. The van der Waals surface area contributed by atoms with Gasteiger partial charge in [0.15, 0.2) is 0 Å². The fourth-order valence-electron chi connectivity index (χ4n) is 3.26. The second kappa shape index (κ2) is 6.72. The van der Waals surface area contributed by atoms with Crippen LogP contribution >= 0.6 is 15.9 Å². The van der Waals surface area contributed by atoms with Gasteiger partial charge in [0.2, 0.25) is 0 Å². The Kier molecular flexibility index (Phi) is 5.25. The Bertz CT molecular complexity index is 377. The Morgan fingerprint density at radius 2 is 2.17 bits per heavy atom. The van der Waals surface area contributed by atoms with Crippen LogP contribution in [-0.4, -0.2) is 6.04 Å². The van der Waals surface area contributed by atoms with E-state index in [0.29, 0.717) is 12.0 Å². The molecule has 0 aromatic heterocycles. The SMILES string of the molecule is CCCC1CCC(N)C(Cc2cccc(Br)c2)C1. The van der Waals surface area contributed by atoms with Crippen molar-refractivity contribution in [2.24, 2.45) is 17.6 Å². The maximum absolute atomic E-state index is 6.31. The fraction of sp³-hybridized carbons (Fsp3) is 0.625. The fourth-order valence-corrected chi connectivity index (χ4v) is 3.70. The van der Waals surface area contributed by atoms with Crippen molar-refractivity contribution in [2.45, 2.75) is 51.5 Å². The minimum absolute atomic E-state index is 0.400. The highest BCUT2D eigenvalue weighted by molar-refractivity contribution is 9.10. The van der Waals surface area contributed by atoms with Gasteiger partial charge in [0.1, 0.15) is 0 Å². The Balaban J connectivity index is 1.98. The highest BCUT2D eigenvalue weighted by Crippen LogP contribution is 2.33. The molecule has 0 amide bonds. The number of nitrogens with two attached hydrogens (primary N) is 1. The third-order valence-electron chi connectivity index (χ3n) is 4.23. The van der Waals surface area contributed by atoms with Gasteiger partial charge in [0, 0.05) is 10.5 Å². The minimum Gasteiger partial charge on any atom is -0.327 e. The van der Waals surface area contributed by atoms with Gasteiger partial charge in [-0.15, -0.1) is 0 Å². The second-order valence-corrected chi connectivity index (χ2v) is 6.64. The molecule has 1 saturated carbocycles. The van der Waals surface area contributed by atoms with E-state index in [2.05, 4.69) is 47.1 Å². The molecular formula is C16H24BrN. The van der Waals surface area contributed by atoms with Crippen LogP contribution in [0.3, 0.4) is 0 Å². The summed E-state index contributed by atoms with van der Waals surface area (Å²) in [5.74, 6) is 1.58. The van der Waals surface area contributed by atoms with E-state index in [4.69, 9.17) is 5.73 Å². The van der Waals surface area contributed by atoms with Crippen LogP contribution in [0.5, 0.6) is 0 Å². The highest BCUT2D eigenvalue weighted by Gasteiger charge is 2.27. The maximum atomic E-state index is 6.31. The second-order valence-electron chi connectivity index (χ2n) is 5.73.